The van der Waals surface area contributed by atoms with Crippen LogP contribution in [0.1, 0.15) is 20.7 Å². The van der Waals surface area contributed by atoms with Gasteiger partial charge in [-0.2, -0.15) is 0 Å². The molecule has 5 rings (SSSR count). The SMILES string of the molecule is O=C1S[C@H](Nc2cccc3ccccc23)C(=O)N1CCN1C(=O)c2ccccc2C1=O. The minimum atomic E-state index is -0.763. The highest BCUT2D eigenvalue weighted by Gasteiger charge is 2.41. The Hall–Kier alpha value is -3.65. The topological polar surface area (TPSA) is 86.8 Å². The monoisotopic (exact) mass is 431 g/mol. The van der Waals surface area contributed by atoms with Crippen LogP contribution in [0.5, 0.6) is 0 Å². The van der Waals surface area contributed by atoms with E-state index in [2.05, 4.69) is 5.32 Å². The molecule has 1 atom stereocenters. The van der Waals surface area contributed by atoms with Crippen molar-refractivity contribution in [2.24, 2.45) is 0 Å². The largest absolute Gasteiger partial charge is 0.365 e. The van der Waals surface area contributed by atoms with Crippen molar-refractivity contribution in [2.45, 2.75) is 5.37 Å². The van der Waals surface area contributed by atoms with Gasteiger partial charge in [0.2, 0.25) is 0 Å². The smallest absolute Gasteiger partial charge is 0.290 e. The van der Waals surface area contributed by atoms with E-state index in [0.717, 1.165) is 38.0 Å². The first-order chi connectivity index (χ1) is 15.0. The molecule has 0 spiro atoms. The summed E-state index contributed by atoms with van der Waals surface area (Å²) >= 11 is 0.895. The number of nitrogens with one attached hydrogen (secondary N) is 1. The maximum atomic E-state index is 12.9. The fourth-order valence-corrected chi connectivity index (χ4v) is 4.80. The Morgan fingerprint density at radius 2 is 1.35 bits per heavy atom. The number of carbonyl (C=O) groups excluding carboxylic acids is 4. The predicted molar refractivity (Wildman–Crippen MR) is 118 cm³/mol. The standard InChI is InChI=1S/C23H17N3O4S/c27-20-16-9-3-4-10-17(16)21(28)25(20)12-13-26-22(29)19(31-23(26)30)24-18-11-5-7-14-6-1-2-8-15(14)18/h1-11,19,24H,12-13H2/t19-/m0/s1. The van der Waals surface area contributed by atoms with E-state index in [9.17, 15) is 19.2 Å². The van der Waals surface area contributed by atoms with Crippen LogP contribution in [-0.2, 0) is 4.79 Å². The first-order valence-corrected chi connectivity index (χ1v) is 10.6. The Morgan fingerprint density at radius 1 is 0.742 bits per heavy atom. The van der Waals surface area contributed by atoms with Gasteiger partial charge in [-0.05, 0) is 35.3 Å². The zero-order valence-electron chi connectivity index (χ0n) is 16.3. The average molecular weight is 431 g/mol. The predicted octanol–water partition coefficient (Wildman–Crippen LogP) is 3.57. The van der Waals surface area contributed by atoms with E-state index in [0.29, 0.717) is 11.1 Å². The molecule has 4 amide bonds. The highest BCUT2D eigenvalue weighted by atomic mass is 32.2. The van der Waals surface area contributed by atoms with Crippen LogP contribution in [0.4, 0.5) is 10.5 Å². The van der Waals surface area contributed by atoms with E-state index in [1.807, 2.05) is 42.5 Å². The highest BCUT2D eigenvalue weighted by molar-refractivity contribution is 8.15. The second-order valence-electron chi connectivity index (χ2n) is 7.23. The van der Waals surface area contributed by atoms with Crippen LogP contribution < -0.4 is 5.32 Å². The molecule has 0 bridgehead atoms. The number of carbonyl (C=O) groups is 4. The Labute approximate surface area is 182 Å². The molecule has 1 fully saturated rings. The molecule has 0 saturated carbocycles. The van der Waals surface area contributed by atoms with Gasteiger partial charge in [0.1, 0.15) is 0 Å². The van der Waals surface area contributed by atoms with E-state index < -0.39 is 22.4 Å². The zero-order valence-corrected chi connectivity index (χ0v) is 17.1. The summed E-state index contributed by atoms with van der Waals surface area (Å²) in [7, 11) is 0. The normalized spacial score (nSPS) is 18.3. The van der Waals surface area contributed by atoms with Gasteiger partial charge < -0.3 is 5.32 Å². The maximum Gasteiger partial charge on any atom is 0.290 e. The van der Waals surface area contributed by atoms with E-state index in [1.54, 1.807) is 24.3 Å². The molecule has 3 aromatic carbocycles. The van der Waals surface area contributed by atoms with Crippen LogP contribution in [0.2, 0.25) is 0 Å². The molecule has 0 aliphatic carbocycles. The lowest BCUT2D eigenvalue weighted by molar-refractivity contribution is -0.126. The van der Waals surface area contributed by atoms with Gasteiger partial charge in [-0.1, -0.05) is 48.5 Å². The number of hydrogen-bond donors (Lipinski definition) is 1. The summed E-state index contributed by atoms with van der Waals surface area (Å²) in [5.74, 6) is -1.20. The van der Waals surface area contributed by atoms with Crippen LogP contribution in [0.15, 0.2) is 66.7 Å². The molecule has 0 radical (unpaired) electrons. The molecule has 2 heterocycles. The number of nitrogens with zero attached hydrogens (tertiary/aromatic N) is 2. The van der Waals surface area contributed by atoms with Crippen molar-refractivity contribution in [1.82, 2.24) is 9.80 Å². The van der Waals surface area contributed by atoms with Crippen LogP contribution in [0, 0.1) is 0 Å². The molecular formula is C23H17N3O4S. The lowest BCUT2D eigenvalue weighted by atomic mass is 10.1. The molecule has 0 aromatic heterocycles. The second-order valence-corrected chi connectivity index (χ2v) is 8.29. The van der Waals surface area contributed by atoms with Crippen molar-refractivity contribution in [1.29, 1.82) is 0 Å². The summed E-state index contributed by atoms with van der Waals surface area (Å²) in [6, 6.07) is 20.1. The van der Waals surface area contributed by atoms with Crippen molar-refractivity contribution in [3.05, 3.63) is 77.9 Å². The summed E-state index contributed by atoms with van der Waals surface area (Å²) in [5.41, 5.74) is 1.45. The summed E-state index contributed by atoms with van der Waals surface area (Å²) in [4.78, 5) is 52.5. The van der Waals surface area contributed by atoms with Gasteiger partial charge in [0.05, 0.1) is 11.1 Å². The molecule has 1 saturated heterocycles. The Kier molecular flexibility index (Phi) is 4.71. The number of thioether (sulfide) groups is 1. The maximum absolute atomic E-state index is 12.9. The number of rotatable bonds is 5. The van der Waals surface area contributed by atoms with Gasteiger partial charge in [-0.3, -0.25) is 29.0 Å². The van der Waals surface area contributed by atoms with Gasteiger partial charge >= 0.3 is 0 Å². The zero-order chi connectivity index (χ0) is 21.5. The van der Waals surface area contributed by atoms with Gasteiger partial charge in [0.15, 0.2) is 5.37 Å². The molecule has 7 nitrogen and oxygen atoms in total. The van der Waals surface area contributed by atoms with Crippen molar-refractivity contribution < 1.29 is 19.2 Å². The fraction of sp³-hybridized carbons (Fsp3) is 0.130. The summed E-state index contributed by atoms with van der Waals surface area (Å²) < 4.78 is 0. The molecule has 2 aliphatic rings. The summed E-state index contributed by atoms with van der Waals surface area (Å²) in [5, 5.41) is 3.97. The molecule has 31 heavy (non-hydrogen) atoms. The quantitative estimate of drug-likeness (QED) is 0.622. The Morgan fingerprint density at radius 3 is 2.10 bits per heavy atom. The highest BCUT2D eigenvalue weighted by Crippen LogP contribution is 2.31. The van der Waals surface area contributed by atoms with Crippen molar-refractivity contribution >= 4 is 51.2 Å². The first kappa shape index (κ1) is 19.3. The fourth-order valence-electron chi connectivity index (χ4n) is 3.87. The minimum absolute atomic E-state index is 0.0363. The average Bonchev–Trinajstić information content (AvgIpc) is 3.19. The summed E-state index contributed by atoms with van der Waals surface area (Å²) in [6.07, 6.45) is 0. The lowest BCUT2D eigenvalue weighted by Crippen LogP contribution is -2.41. The lowest BCUT2D eigenvalue weighted by Gasteiger charge is -2.19. The van der Waals surface area contributed by atoms with Crippen LogP contribution >= 0.6 is 11.8 Å². The van der Waals surface area contributed by atoms with Gasteiger partial charge in [0.25, 0.3) is 23.0 Å². The molecule has 2 aliphatic heterocycles. The second kappa shape index (κ2) is 7.55. The molecular weight excluding hydrogens is 414 g/mol. The third-order valence-electron chi connectivity index (χ3n) is 5.43. The van der Waals surface area contributed by atoms with Gasteiger partial charge in [0, 0.05) is 24.2 Å². The Bertz CT molecular complexity index is 1220. The number of benzene rings is 3. The number of amides is 4. The number of fused-ring (bicyclic) bond motifs is 2. The molecule has 1 N–H and O–H groups in total. The molecule has 0 unspecified atom stereocenters. The van der Waals surface area contributed by atoms with E-state index in [4.69, 9.17) is 0 Å². The molecule has 3 aromatic rings. The van der Waals surface area contributed by atoms with Crippen LogP contribution in [0.25, 0.3) is 10.8 Å². The molecule has 8 heteroatoms. The number of imide groups is 2. The summed E-state index contributed by atoms with van der Waals surface area (Å²) in [6.45, 7) is -0.0742. The minimum Gasteiger partial charge on any atom is -0.365 e. The van der Waals surface area contributed by atoms with E-state index >= 15 is 0 Å². The van der Waals surface area contributed by atoms with Crippen LogP contribution in [0.3, 0.4) is 0 Å². The third-order valence-corrected chi connectivity index (χ3v) is 6.41. The van der Waals surface area contributed by atoms with Crippen LogP contribution in [-0.4, -0.2) is 51.2 Å². The number of hydrogen-bond acceptors (Lipinski definition) is 6. The first-order valence-electron chi connectivity index (χ1n) is 9.76. The van der Waals surface area contributed by atoms with E-state index in [1.165, 1.54) is 0 Å². The van der Waals surface area contributed by atoms with Gasteiger partial charge in [-0.25, -0.2) is 0 Å². The van der Waals surface area contributed by atoms with Crippen molar-refractivity contribution in [2.75, 3.05) is 18.4 Å². The van der Waals surface area contributed by atoms with E-state index in [-0.39, 0.29) is 19.0 Å². The van der Waals surface area contributed by atoms with Crippen molar-refractivity contribution in [3.63, 3.8) is 0 Å². The third kappa shape index (κ3) is 3.25. The van der Waals surface area contributed by atoms with Gasteiger partial charge in [-0.15, -0.1) is 0 Å². The van der Waals surface area contributed by atoms with Crippen molar-refractivity contribution in [3.8, 4) is 0 Å². The molecule has 154 valence electrons. The Balaban J connectivity index is 1.29. The number of anilines is 1.